The number of nitrogens with zero attached hydrogens (tertiary/aromatic N) is 9. The molecular weight excluding hydrogens is 318 g/mol. The normalized spacial score (nSPS) is 15.9. The molecule has 0 atom stereocenters. The van der Waals surface area contributed by atoms with Gasteiger partial charge < -0.3 is 9.80 Å². The van der Waals surface area contributed by atoms with E-state index in [2.05, 4.69) is 42.0 Å². The molecule has 3 aromatic heterocycles. The summed E-state index contributed by atoms with van der Waals surface area (Å²) in [6, 6.07) is 1.86. The van der Waals surface area contributed by atoms with E-state index in [0.29, 0.717) is 17.3 Å². The molecule has 0 aromatic carbocycles. The molecule has 1 saturated heterocycles. The number of aryl methyl sites for hydroxylation is 2. The molecule has 0 N–H and O–H groups in total. The molecule has 4 rings (SSSR count). The van der Waals surface area contributed by atoms with Crippen molar-refractivity contribution in [1.82, 2.24) is 39.7 Å². The molecular formula is C16H21N9. The van der Waals surface area contributed by atoms with Gasteiger partial charge in [0.05, 0.1) is 11.4 Å². The van der Waals surface area contributed by atoms with Crippen LogP contribution < -0.4 is 4.90 Å². The van der Waals surface area contributed by atoms with Gasteiger partial charge in [-0.25, -0.2) is 9.97 Å². The standard InChI is InChI=1S/C16H21N9/c1-4-23-7-9-24(10-8-23)15-17-6-5-13(19-15)14-11(2)25-16(21-20-14)18-12(3)22-25/h5-6H,4,7-10H2,1-3H3. The number of aromatic nitrogens is 7. The minimum absolute atomic E-state index is 0.503. The van der Waals surface area contributed by atoms with Gasteiger partial charge in [-0.05, 0) is 26.5 Å². The first kappa shape index (κ1) is 15.8. The predicted molar refractivity (Wildman–Crippen MR) is 93.4 cm³/mol. The Kier molecular flexibility index (Phi) is 4.00. The lowest BCUT2D eigenvalue weighted by atomic mass is 10.2. The van der Waals surface area contributed by atoms with E-state index < -0.39 is 0 Å². The summed E-state index contributed by atoms with van der Waals surface area (Å²) in [4.78, 5) is 18.1. The van der Waals surface area contributed by atoms with Gasteiger partial charge in [-0.2, -0.15) is 9.50 Å². The average molecular weight is 339 g/mol. The van der Waals surface area contributed by atoms with Crippen LogP contribution >= 0.6 is 0 Å². The number of fused-ring (bicyclic) bond motifs is 1. The van der Waals surface area contributed by atoms with Crippen molar-refractivity contribution in [1.29, 1.82) is 0 Å². The zero-order valence-corrected chi connectivity index (χ0v) is 14.7. The van der Waals surface area contributed by atoms with Crippen LogP contribution in [0.2, 0.25) is 0 Å². The Labute approximate surface area is 145 Å². The lowest BCUT2D eigenvalue weighted by molar-refractivity contribution is 0.270. The molecule has 0 unspecified atom stereocenters. The van der Waals surface area contributed by atoms with Crippen LogP contribution in [0, 0.1) is 13.8 Å². The van der Waals surface area contributed by atoms with Crippen molar-refractivity contribution in [2.24, 2.45) is 0 Å². The summed E-state index contributed by atoms with van der Waals surface area (Å²) < 4.78 is 1.71. The van der Waals surface area contributed by atoms with Gasteiger partial charge in [-0.3, -0.25) is 0 Å². The van der Waals surface area contributed by atoms with Gasteiger partial charge in [-0.15, -0.1) is 15.3 Å². The maximum atomic E-state index is 4.72. The summed E-state index contributed by atoms with van der Waals surface area (Å²) in [5, 5.41) is 12.8. The van der Waals surface area contributed by atoms with Gasteiger partial charge in [0.2, 0.25) is 5.95 Å². The second-order valence-corrected chi connectivity index (χ2v) is 6.17. The molecule has 1 fully saturated rings. The van der Waals surface area contributed by atoms with Crippen molar-refractivity contribution in [3.63, 3.8) is 0 Å². The first-order valence-electron chi connectivity index (χ1n) is 8.53. The molecule has 1 aliphatic rings. The van der Waals surface area contributed by atoms with Crippen LogP contribution in [0.25, 0.3) is 17.2 Å². The highest BCUT2D eigenvalue weighted by atomic mass is 15.4. The van der Waals surface area contributed by atoms with E-state index in [0.717, 1.165) is 50.1 Å². The van der Waals surface area contributed by atoms with Crippen molar-refractivity contribution >= 4 is 11.7 Å². The summed E-state index contributed by atoms with van der Waals surface area (Å²) in [6.45, 7) is 11.0. The number of hydrogen-bond acceptors (Lipinski definition) is 8. The fourth-order valence-corrected chi connectivity index (χ4v) is 3.09. The summed E-state index contributed by atoms with van der Waals surface area (Å²) in [7, 11) is 0. The molecule has 9 heteroatoms. The molecule has 0 radical (unpaired) electrons. The van der Waals surface area contributed by atoms with Gasteiger partial charge in [0, 0.05) is 32.4 Å². The van der Waals surface area contributed by atoms with Crippen LogP contribution in [0.4, 0.5) is 5.95 Å². The van der Waals surface area contributed by atoms with Crippen molar-refractivity contribution in [3.05, 3.63) is 23.8 Å². The van der Waals surface area contributed by atoms with E-state index in [1.165, 1.54) is 0 Å². The monoisotopic (exact) mass is 339 g/mol. The Hall–Kier alpha value is -2.68. The number of piperazine rings is 1. The summed E-state index contributed by atoms with van der Waals surface area (Å²) in [5.74, 6) is 1.92. The Morgan fingerprint density at radius 3 is 2.60 bits per heavy atom. The van der Waals surface area contributed by atoms with E-state index in [1.807, 2.05) is 19.9 Å². The summed E-state index contributed by atoms with van der Waals surface area (Å²) in [5.41, 5.74) is 2.32. The topological polar surface area (TPSA) is 88.2 Å². The average Bonchev–Trinajstić information content (AvgIpc) is 3.04. The second-order valence-electron chi connectivity index (χ2n) is 6.17. The molecule has 0 spiro atoms. The molecule has 3 aromatic rings. The van der Waals surface area contributed by atoms with Gasteiger partial charge in [-0.1, -0.05) is 6.92 Å². The number of likely N-dealkylation sites (N-methyl/N-ethyl adjacent to an activating group) is 1. The quantitative estimate of drug-likeness (QED) is 0.690. The molecule has 0 saturated carbocycles. The van der Waals surface area contributed by atoms with Crippen molar-refractivity contribution in [2.75, 3.05) is 37.6 Å². The minimum atomic E-state index is 0.503. The Morgan fingerprint density at radius 1 is 1.04 bits per heavy atom. The van der Waals surface area contributed by atoms with E-state index in [9.17, 15) is 0 Å². The zero-order chi connectivity index (χ0) is 17.4. The predicted octanol–water partition coefficient (Wildman–Crippen LogP) is 0.735. The third kappa shape index (κ3) is 2.91. The maximum Gasteiger partial charge on any atom is 0.272 e. The Balaban J connectivity index is 1.67. The molecule has 25 heavy (non-hydrogen) atoms. The smallest absolute Gasteiger partial charge is 0.272 e. The number of rotatable bonds is 3. The van der Waals surface area contributed by atoms with Crippen molar-refractivity contribution in [2.45, 2.75) is 20.8 Å². The second kappa shape index (κ2) is 6.32. The van der Waals surface area contributed by atoms with E-state index >= 15 is 0 Å². The molecule has 4 heterocycles. The first-order valence-corrected chi connectivity index (χ1v) is 8.53. The number of hydrogen-bond donors (Lipinski definition) is 0. The lowest BCUT2D eigenvalue weighted by Gasteiger charge is -2.34. The fraction of sp³-hybridized carbons (Fsp3) is 0.500. The lowest BCUT2D eigenvalue weighted by Crippen LogP contribution is -2.46. The van der Waals surface area contributed by atoms with Crippen LogP contribution in [-0.4, -0.2) is 72.4 Å². The van der Waals surface area contributed by atoms with Gasteiger partial charge in [0.1, 0.15) is 11.5 Å². The largest absolute Gasteiger partial charge is 0.338 e. The van der Waals surface area contributed by atoms with Crippen LogP contribution in [0.5, 0.6) is 0 Å². The van der Waals surface area contributed by atoms with Gasteiger partial charge in [0.15, 0.2) is 0 Å². The molecule has 0 amide bonds. The van der Waals surface area contributed by atoms with Gasteiger partial charge in [0.25, 0.3) is 5.78 Å². The Morgan fingerprint density at radius 2 is 1.84 bits per heavy atom. The molecule has 1 aliphatic heterocycles. The molecule has 9 nitrogen and oxygen atoms in total. The first-order chi connectivity index (χ1) is 12.2. The van der Waals surface area contributed by atoms with Crippen LogP contribution in [0.1, 0.15) is 18.4 Å². The minimum Gasteiger partial charge on any atom is -0.338 e. The fourth-order valence-electron chi connectivity index (χ4n) is 3.09. The van der Waals surface area contributed by atoms with E-state index in [1.54, 1.807) is 10.7 Å². The van der Waals surface area contributed by atoms with Gasteiger partial charge >= 0.3 is 0 Å². The van der Waals surface area contributed by atoms with Crippen LogP contribution in [-0.2, 0) is 0 Å². The molecule has 0 aliphatic carbocycles. The third-order valence-corrected chi connectivity index (χ3v) is 4.58. The van der Waals surface area contributed by atoms with Crippen molar-refractivity contribution in [3.8, 4) is 11.4 Å². The highest BCUT2D eigenvalue weighted by Gasteiger charge is 2.19. The SMILES string of the molecule is CCN1CCN(c2nccc(-c3nnc4nc(C)nn4c3C)n2)CC1. The van der Waals surface area contributed by atoms with Crippen LogP contribution in [0.3, 0.4) is 0 Å². The van der Waals surface area contributed by atoms with E-state index in [4.69, 9.17) is 4.98 Å². The highest BCUT2D eigenvalue weighted by Crippen LogP contribution is 2.20. The maximum absolute atomic E-state index is 4.72. The summed E-state index contributed by atoms with van der Waals surface area (Å²) in [6.07, 6.45) is 1.78. The van der Waals surface area contributed by atoms with Crippen molar-refractivity contribution < 1.29 is 0 Å². The summed E-state index contributed by atoms with van der Waals surface area (Å²) >= 11 is 0. The molecule has 130 valence electrons. The Bertz CT molecular complexity index is 896. The van der Waals surface area contributed by atoms with Crippen LogP contribution in [0.15, 0.2) is 12.3 Å². The highest BCUT2D eigenvalue weighted by molar-refractivity contribution is 5.58. The molecule has 0 bridgehead atoms. The number of anilines is 1. The third-order valence-electron chi connectivity index (χ3n) is 4.58. The van der Waals surface area contributed by atoms with E-state index in [-0.39, 0.29) is 0 Å². The zero-order valence-electron chi connectivity index (χ0n) is 14.7.